The number of carbonyl (C=O) groups is 2. The van der Waals surface area contributed by atoms with Crippen molar-refractivity contribution >= 4 is 11.8 Å². The normalized spacial score (nSPS) is 17.0. The van der Waals surface area contributed by atoms with Gasteiger partial charge in [0.1, 0.15) is 0 Å². The van der Waals surface area contributed by atoms with Gasteiger partial charge in [0.25, 0.3) is 0 Å². The first-order valence-corrected chi connectivity index (χ1v) is 7.15. The minimum Gasteiger partial charge on any atom is -0.350 e. The van der Waals surface area contributed by atoms with Crippen LogP contribution in [0.5, 0.6) is 0 Å². The molecule has 2 amide bonds. The van der Waals surface area contributed by atoms with Crippen molar-refractivity contribution in [2.45, 2.75) is 52.0 Å². The van der Waals surface area contributed by atoms with Crippen LogP contribution in [0, 0.1) is 5.92 Å². The molecule has 0 unspecified atom stereocenters. The monoisotopic (exact) mass is 269 g/mol. The van der Waals surface area contributed by atoms with E-state index in [4.69, 9.17) is 0 Å². The molecule has 1 aliphatic heterocycles. The van der Waals surface area contributed by atoms with E-state index >= 15 is 0 Å². The Balaban J connectivity index is 2.12. The zero-order valence-corrected chi connectivity index (χ0v) is 12.3. The lowest BCUT2D eigenvalue weighted by Gasteiger charge is -2.22. The van der Waals surface area contributed by atoms with Crippen LogP contribution in [-0.4, -0.2) is 37.0 Å². The molecule has 1 heterocycles. The molecule has 1 rings (SSSR count). The van der Waals surface area contributed by atoms with E-state index in [0.29, 0.717) is 12.3 Å². The highest BCUT2D eigenvalue weighted by atomic mass is 16.2. The maximum Gasteiger partial charge on any atom is 0.239 e. The third-order valence-corrected chi connectivity index (χ3v) is 3.20. The topological polar surface area (TPSA) is 70.2 Å². The van der Waals surface area contributed by atoms with Gasteiger partial charge in [-0.15, -0.1) is 0 Å². The molecule has 5 heteroatoms. The highest BCUT2D eigenvalue weighted by Crippen LogP contribution is 2.17. The summed E-state index contributed by atoms with van der Waals surface area (Å²) in [5, 5.41) is 8.81. The average molecular weight is 269 g/mol. The number of rotatable bonds is 5. The number of carbonyl (C=O) groups excluding carboxylic acids is 2. The number of hydrogen-bond acceptors (Lipinski definition) is 3. The number of amides is 2. The minimum absolute atomic E-state index is 0.0254. The van der Waals surface area contributed by atoms with E-state index in [9.17, 15) is 9.59 Å². The van der Waals surface area contributed by atoms with Gasteiger partial charge in [0.05, 0.1) is 6.54 Å². The lowest BCUT2D eigenvalue weighted by Crippen LogP contribution is -2.45. The summed E-state index contributed by atoms with van der Waals surface area (Å²) in [6.07, 6.45) is 3.75. The Labute approximate surface area is 115 Å². The van der Waals surface area contributed by atoms with Crippen molar-refractivity contribution in [2.75, 3.05) is 19.6 Å². The highest BCUT2D eigenvalue weighted by Gasteiger charge is 2.16. The summed E-state index contributed by atoms with van der Waals surface area (Å²) in [6.45, 7) is 7.94. The van der Waals surface area contributed by atoms with Crippen LogP contribution >= 0.6 is 0 Å². The molecule has 110 valence electrons. The van der Waals surface area contributed by atoms with Gasteiger partial charge in [-0.3, -0.25) is 9.59 Å². The molecule has 0 aromatic carbocycles. The summed E-state index contributed by atoms with van der Waals surface area (Å²) in [6, 6.07) is 0. The highest BCUT2D eigenvalue weighted by molar-refractivity contribution is 5.84. The van der Waals surface area contributed by atoms with Crippen molar-refractivity contribution < 1.29 is 9.59 Å². The quantitative estimate of drug-likeness (QED) is 0.691. The second-order valence-corrected chi connectivity index (χ2v) is 6.31. The van der Waals surface area contributed by atoms with Gasteiger partial charge in [-0.05, 0) is 59.0 Å². The maximum atomic E-state index is 11.6. The maximum absolute atomic E-state index is 11.6. The lowest BCUT2D eigenvalue weighted by atomic mass is 9.93. The Morgan fingerprint density at radius 1 is 1.16 bits per heavy atom. The van der Waals surface area contributed by atoms with Crippen LogP contribution in [0.25, 0.3) is 0 Å². The summed E-state index contributed by atoms with van der Waals surface area (Å²) >= 11 is 0. The van der Waals surface area contributed by atoms with E-state index in [2.05, 4.69) is 16.0 Å². The molecule has 1 saturated heterocycles. The Morgan fingerprint density at radius 3 is 2.37 bits per heavy atom. The van der Waals surface area contributed by atoms with E-state index < -0.39 is 0 Å². The molecular formula is C14H27N3O2. The summed E-state index contributed by atoms with van der Waals surface area (Å²) < 4.78 is 0. The van der Waals surface area contributed by atoms with Crippen LogP contribution in [0.15, 0.2) is 0 Å². The third-order valence-electron chi connectivity index (χ3n) is 3.20. The zero-order valence-electron chi connectivity index (χ0n) is 12.3. The molecule has 0 radical (unpaired) electrons. The fourth-order valence-corrected chi connectivity index (χ4v) is 2.24. The first kappa shape index (κ1) is 16.0. The van der Waals surface area contributed by atoms with Crippen LogP contribution in [0.2, 0.25) is 0 Å². The van der Waals surface area contributed by atoms with Gasteiger partial charge in [-0.25, -0.2) is 0 Å². The van der Waals surface area contributed by atoms with E-state index in [1.165, 1.54) is 0 Å². The predicted molar refractivity (Wildman–Crippen MR) is 75.7 cm³/mol. The van der Waals surface area contributed by atoms with Crippen molar-refractivity contribution in [2.24, 2.45) is 5.92 Å². The molecule has 5 nitrogen and oxygen atoms in total. The van der Waals surface area contributed by atoms with Crippen molar-refractivity contribution in [3.63, 3.8) is 0 Å². The van der Waals surface area contributed by atoms with Crippen molar-refractivity contribution in [3.05, 3.63) is 0 Å². The molecule has 0 aliphatic carbocycles. The molecule has 1 aliphatic rings. The Bertz CT molecular complexity index is 304. The Kier molecular flexibility index (Phi) is 6.28. The van der Waals surface area contributed by atoms with Gasteiger partial charge in [0, 0.05) is 12.0 Å². The van der Waals surface area contributed by atoms with Gasteiger partial charge in [0.2, 0.25) is 11.8 Å². The fourth-order valence-electron chi connectivity index (χ4n) is 2.24. The van der Waals surface area contributed by atoms with Crippen LogP contribution in [0.1, 0.15) is 46.5 Å². The van der Waals surface area contributed by atoms with Crippen LogP contribution in [0.3, 0.4) is 0 Å². The molecule has 3 N–H and O–H groups in total. The van der Waals surface area contributed by atoms with Crippen LogP contribution in [-0.2, 0) is 9.59 Å². The Morgan fingerprint density at radius 2 is 1.79 bits per heavy atom. The SMILES string of the molecule is CC(C)(C)NC(=O)CNC(=O)CCC1CCNCC1. The number of piperidine rings is 1. The number of nitrogens with one attached hydrogen (secondary N) is 3. The van der Waals surface area contributed by atoms with E-state index in [0.717, 1.165) is 32.4 Å². The van der Waals surface area contributed by atoms with Gasteiger partial charge >= 0.3 is 0 Å². The van der Waals surface area contributed by atoms with Gasteiger partial charge in [-0.1, -0.05) is 0 Å². The molecule has 0 spiro atoms. The third kappa shape index (κ3) is 7.82. The lowest BCUT2D eigenvalue weighted by molar-refractivity contribution is -0.127. The van der Waals surface area contributed by atoms with Gasteiger partial charge in [-0.2, -0.15) is 0 Å². The van der Waals surface area contributed by atoms with Crippen molar-refractivity contribution in [1.29, 1.82) is 0 Å². The predicted octanol–water partition coefficient (Wildman–Crippen LogP) is 0.797. The largest absolute Gasteiger partial charge is 0.350 e. The molecule has 0 aromatic heterocycles. The number of hydrogen-bond donors (Lipinski definition) is 3. The van der Waals surface area contributed by atoms with E-state index in [1.54, 1.807) is 0 Å². The molecular weight excluding hydrogens is 242 g/mol. The molecule has 0 aromatic rings. The van der Waals surface area contributed by atoms with Crippen LogP contribution < -0.4 is 16.0 Å². The Hall–Kier alpha value is -1.10. The molecule has 0 bridgehead atoms. The smallest absolute Gasteiger partial charge is 0.239 e. The standard InChI is InChI=1S/C14H27N3O2/c1-14(2,3)17-13(19)10-16-12(18)5-4-11-6-8-15-9-7-11/h11,15H,4-10H2,1-3H3,(H,16,18)(H,17,19). The summed E-state index contributed by atoms with van der Waals surface area (Å²) in [7, 11) is 0. The van der Waals surface area contributed by atoms with E-state index in [1.807, 2.05) is 20.8 Å². The molecule has 0 atom stereocenters. The van der Waals surface area contributed by atoms with Crippen LogP contribution in [0.4, 0.5) is 0 Å². The molecule has 19 heavy (non-hydrogen) atoms. The average Bonchev–Trinajstić information content (AvgIpc) is 2.33. The molecule has 1 fully saturated rings. The van der Waals surface area contributed by atoms with E-state index in [-0.39, 0.29) is 23.9 Å². The van der Waals surface area contributed by atoms with Gasteiger partial charge in [0.15, 0.2) is 0 Å². The second-order valence-electron chi connectivity index (χ2n) is 6.31. The van der Waals surface area contributed by atoms with Gasteiger partial charge < -0.3 is 16.0 Å². The summed E-state index contributed by atoms with van der Waals surface area (Å²) in [5.41, 5.74) is -0.253. The zero-order chi connectivity index (χ0) is 14.3. The first-order chi connectivity index (χ1) is 8.87. The van der Waals surface area contributed by atoms with Crippen molar-refractivity contribution in [1.82, 2.24) is 16.0 Å². The summed E-state index contributed by atoms with van der Waals surface area (Å²) in [5.74, 6) is 0.487. The fraction of sp³-hybridized carbons (Fsp3) is 0.857. The first-order valence-electron chi connectivity index (χ1n) is 7.15. The minimum atomic E-state index is -0.253. The molecule has 0 saturated carbocycles. The summed E-state index contributed by atoms with van der Waals surface area (Å²) in [4.78, 5) is 23.2. The second kappa shape index (κ2) is 7.48. The van der Waals surface area contributed by atoms with Crippen molar-refractivity contribution in [3.8, 4) is 0 Å².